The van der Waals surface area contributed by atoms with Crippen LogP contribution >= 0.6 is 24.0 Å². The van der Waals surface area contributed by atoms with Crippen molar-refractivity contribution in [2.24, 2.45) is 5.92 Å². The number of rotatable bonds is 4. The molecule has 1 saturated heterocycles. The Balaban J connectivity index is 2.31. The molecule has 1 aromatic heterocycles. The lowest BCUT2D eigenvalue weighted by molar-refractivity contribution is -0.311. The van der Waals surface area contributed by atoms with Gasteiger partial charge in [-0.25, -0.2) is 0 Å². The van der Waals surface area contributed by atoms with Crippen LogP contribution in [0, 0.1) is 5.92 Å². The maximum absolute atomic E-state index is 12.3. The molecule has 0 N–H and O–H groups in total. The average Bonchev–Trinajstić information content (AvgIpc) is 2.93. The molecule has 2 heterocycles. The van der Waals surface area contributed by atoms with Crippen LogP contribution in [0.4, 0.5) is 0 Å². The molecule has 1 fully saturated rings. The van der Waals surface area contributed by atoms with E-state index < -0.39 is 17.9 Å². The SMILES string of the molecule is CC(C)C(C(=O)[O-])N1C(=O)/C(=C\c2ccco2)SC1=S. The summed E-state index contributed by atoms with van der Waals surface area (Å²) in [4.78, 5) is 25.0. The lowest BCUT2D eigenvalue weighted by Crippen LogP contribution is -2.52. The Labute approximate surface area is 125 Å². The minimum Gasteiger partial charge on any atom is -0.548 e. The molecule has 0 saturated carbocycles. The molecule has 2 rings (SSSR count). The second kappa shape index (κ2) is 5.80. The van der Waals surface area contributed by atoms with E-state index in [4.69, 9.17) is 16.6 Å². The second-order valence-corrected chi connectivity index (χ2v) is 6.25. The Bertz CT molecular complexity index is 577. The molecule has 0 radical (unpaired) electrons. The zero-order valence-electron chi connectivity index (χ0n) is 10.9. The van der Waals surface area contributed by atoms with Gasteiger partial charge in [0.05, 0.1) is 23.2 Å². The molecule has 7 heteroatoms. The number of furan rings is 1. The van der Waals surface area contributed by atoms with Gasteiger partial charge in [0.15, 0.2) is 0 Å². The molecule has 0 aliphatic carbocycles. The van der Waals surface area contributed by atoms with E-state index in [0.717, 1.165) is 16.7 Å². The van der Waals surface area contributed by atoms with Gasteiger partial charge in [0.2, 0.25) is 0 Å². The number of carboxylic acid groups (broad SMARTS) is 1. The predicted octanol–water partition coefficient (Wildman–Crippen LogP) is 1.26. The van der Waals surface area contributed by atoms with Gasteiger partial charge in [0, 0.05) is 6.08 Å². The van der Waals surface area contributed by atoms with E-state index in [1.54, 1.807) is 32.1 Å². The number of aliphatic carboxylic acids is 1. The lowest BCUT2D eigenvalue weighted by atomic mass is 10.0. The summed E-state index contributed by atoms with van der Waals surface area (Å²) in [5.74, 6) is -1.53. The average molecular weight is 310 g/mol. The van der Waals surface area contributed by atoms with Crippen molar-refractivity contribution in [1.82, 2.24) is 4.90 Å². The summed E-state index contributed by atoms with van der Waals surface area (Å²) in [6.45, 7) is 3.41. The first-order chi connectivity index (χ1) is 9.41. The first-order valence-electron chi connectivity index (χ1n) is 5.93. The number of hydrogen-bond donors (Lipinski definition) is 0. The zero-order valence-corrected chi connectivity index (χ0v) is 12.5. The van der Waals surface area contributed by atoms with Crippen molar-refractivity contribution < 1.29 is 19.1 Å². The number of amides is 1. The van der Waals surface area contributed by atoms with Crippen LogP contribution in [0.15, 0.2) is 27.7 Å². The van der Waals surface area contributed by atoms with Gasteiger partial charge in [-0.2, -0.15) is 0 Å². The Morgan fingerprint density at radius 1 is 1.55 bits per heavy atom. The summed E-state index contributed by atoms with van der Waals surface area (Å²) >= 11 is 6.17. The molecule has 1 aromatic rings. The van der Waals surface area contributed by atoms with Crippen molar-refractivity contribution in [3.05, 3.63) is 29.1 Å². The monoisotopic (exact) mass is 310 g/mol. The molecular weight excluding hydrogens is 298 g/mol. The van der Waals surface area contributed by atoms with Gasteiger partial charge in [0.1, 0.15) is 10.1 Å². The smallest absolute Gasteiger partial charge is 0.266 e. The number of carbonyl (C=O) groups excluding carboxylic acids is 2. The van der Waals surface area contributed by atoms with Crippen LogP contribution in [0.2, 0.25) is 0 Å². The molecule has 0 aromatic carbocycles. The number of carboxylic acids is 1. The highest BCUT2D eigenvalue weighted by molar-refractivity contribution is 8.26. The largest absolute Gasteiger partial charge is 0.548 e. The minimum atomic E-state index is -1.31. The van der Waals surface area contributed by atoms with Gasteiger partial charge in [-0.05, 0) is 18.1 Å². The van der Waals surface area contributed by atoms with Gasteiger partial charge in [0.25, 0.3) is 5.91 Å². The summed E-state index contributed by atoms with van der Waals surface area (Å²) in [5.41, 5.74) is 0. The van der Waals surface area contributed by atoms with Crippen molar-refractivity contribution >= 4 is 46.3 Å². The Morgan fingerprint density at radius 2 is 2.25 bits per heavy atom. The fraction of sp³-hybridized carbons (Fsp3) is 0.308. The Kier molecular flexibility index (Phi) is 4.29. The Hall–Kier alpha value is -1.60. The van der Waals surface area contributed by atoms with Gasteiger partial charge < -0.3 is 14.3 Å². The van der Waals surface area contributed by atoms with Gasteiger partial charge in [-0.3, -0.25) is 9.69 Å². The maximum atomic E-state index is 12.3. The fourth-order valence-electron chi connectivity index (χ4n) is 1.90. The summed E-state index contributed by atoms with van der Waals surface area (Å²) in [7, 11) is 0. The van der Waals surface area contributed by atoms with Gasteiger partial charge in [-0.1, -0.05) is 37.8 Å². The number of thioether (sulfide) groups is 1. The molecule has 0 spiro atoms. The third-order valence-electron chi connectivity index (χ3n) is 2.79. The van der Waals surface area contributed by atoms with Crippen molar-refractivity contribution in [1.29, 1.82) is 0 Å². The lowest BCUT2D eigenvalue weighted by Gasteiger charge is -2.30. The third-order valence-corrected chi connectivity index (χ3v) is 4.12. The van der Waals surface area contributed by atoms with E-state index in [2.05, 4.69) is 0 Å². The van der Waals surface area contributed by atoms with E-state index in [-0.39, 0.29) is 10.2 Å². The number of carbonyl (C=O) groups is 2. The van der Waals surface area contributed by atoms with Crippen LogP contribution in [0.1, 0.15) is 19.6 Å². The quantitative estimate of drug-likeness (QED) is 0.615. The highest BCUT2D eigenvalue weighted by atomic mass is 32.2. The van der Waals surface area contributed by atoms with E-state index in [9.17, 15) is 14.7 Å². The fourth-order valence-corrected chi connectivity index (χ4v) is 3.21. The van der Waals surface area contributed by atoms with Gasteiger partial charge >= 0.3 is 0 Å². The molecule has 1 atom stereocenters. The highest BCUT2D eigenvalue weighted by Crippen LogP contribution is 2.35. The third kappa shape index (κ3) is 2.78. The molecule has 5 nitrogen and oxygen atoms in total. The number of thiocarbonyl (C=S) groups is 1. The maximum Gasteiger partial charge on any atom is 0.266 e. The van der Waals surface area contributed by atoms with E-state index >= 15 is 0 Å². The van der Waals surface area contributed by atoms with Crippen molar-refractivity contribution in [3.63, 3.8) is 0 Å². The predicted molar refractivity (Wildman–Crippen MR) is 77.4 cm³/mol. The number of hydrogen-bond acceptors (Lipinski definition) is 6. The topological polar surface area (TPSA) is 73.6 Å². The standard InChI is InChI=1S/C13H13NO4S2/c1-7(2)10(12(16)17)14-11(15)9(20-13(14)19)6-8-4-3-5-18-8/h3-7,10H,1-2H3,(H,16,17)/p-1/b9-6+. The highest BCUT2D eigenvalue weighted by Gasteiger charge is 2.39. The van der Waals surface area contributed by atoms with Crippen LogP contribution in [-0.4, -0.2) is 27.1 Å². The first-order valence-corrected chi connectivity index (χ1v) is 7.15. The summed E-state index contributed by atoms with van der Waals surface area (Å²) in [6, 6.07) is 2.33. The van der Waals surface area contributed by atoms with Gasteiger partial charge in [-0.15, -0.1) is 0 Å². The summed E-state index contributed by atoms with van der Waals surface area (Å²) < 4.78 is 5.36. The molecule has 20 heavy (non-hydrogen) atoms. The van der Waals surface area contributed by atoms with Crippen LogP contribution in [0.3, 0.4) is 0 Å². The second-order valence-electron chi connectivity index (χ2n) is 4.58. The summed E-state index contributed by atoms with van der Waals surface area (Å²) in [5, 5.41) is 11.2. The van der Waals surface area contributed by atoms with Crippen LogP contribution in [0.5, 0.6) is 0 Å². The molecule has 1 aliphatic heterocycles. The minimum absolute atomic E-state index is 0.218. The van der Waals surface area contributed by atoms with E-state index in [1.807, 2.05) is 0 Å². The number of nitrogens with zero attached hydrogens (tertiary/aromatic N) is 1. The zero-order chi connectivity index (χ0) is 14.9. The van der Waals surface area contributed by atoms with Crippen molar-refractivity contribution in [2.75, 3.05) is 0 Å². The van der Waals surface area contributed by atoms with Crippen molar-refractivity contribution in [3.8, 4) is 0 Å². The van der Waals surface area contributed by atoms with Crippen molar-refractivity contribution in [2.45, 2.75) is 19.9 Å². The molecule has 1 aliphatic rings. The van der Waals surface area contributed by atoms with Crippen LogP contribution in [0.25, 0.3) is 6.08 Å². The summed E-state index contributed by atoms with van der Waals surface area (Å²) in [6.07, 6.45) is 3.04. The Morgan fingerprint density at radius 3 is 2.75 bits per heavy atom. The van der Waals surface area contributed by atoms with Crippen LogP contribution < -0.4 is 5.11 Å². The van der Waals surface area contributed by atoms with Crippen LogP contribution in [-0.2, 0) is 9.59 Å². The first kappa shape index (κ1) is 14.8. The molecule has 1 unspecified atom stereocenters. The normalized spacial score (nSPS) is 19.1. The molecule has 1 amide bonds. The molecular formula is C13H12NO4S2-. The molecule has 106 valence electrons. The molecule has 0 bridgehead atoms. The van der Waals surface area contributed by atoms with E-state index in [1.165, 1.54) is 6.26 Å². The van der Waals surface area contributed by atoms with E-state index in [0.29, 0.717) is 10.7 Å².